The van der Waals surface area contributed by atoms with Crippen LogP contribution in [0.5, 0.6) is 0 Å². The molecule has 1 spiro atoms. The summed E-state index contributed by atoms with van der Waals surface area (Å²) in [7, 11) is 0. The molecule has 0 radical (unpaired) electrons. The topological polar surface area (TPSA) is 88.1 Å². The molecule has 1 saturated heterocycles. The van der Waals surface area contributed by atoms with Gasteiger partial charge in [0.1, 0.15) is 24.9 Å². The molecule has 2 fully saturated rings. The van der Waals surface area contributed by atoms with E-state index < -0.39 is 41.6 Å². The number of carbonyl (C=O) groups excluding carboxylic acids is 3. The maximum atomic E-state index is 11.4. The van der Waals surface area contributed by atoms with E-state index in [1.165, 1.54) is 20.8 Å². The first-order valence-electron chi connectivity index (χ1n) is 7.39. The molecule has 1 heterocycles. The highest BCUT2D eigenvalue weighted by Crippen LogP contribution is 2.58. The molecule has 7 nitrogen and oxygen atoms in total. The van der Waals surface area contributed by atoms with Crippen molar-refractivity contribution in [2.75, 3.05) is 6.61 Å². The maximum absolute atomic E-state index is 11.4. The lowest BCUT2D eigenvalue weighted by Gasteiger charge is -2.45. The van der Waals surface area contributed by atoms with Crippen molar-refractivity contribution in [1.29, 1.82) is 0 Å². The predicted molar refractivity (Wildman–Crippen MR) is 73.7 cm³/mol. The normalized spacial score (nSPS) is 32.2. The van der Waals surface area contributed by atoms with E-state index in [1.54, 1.807) is 6.92 Å². The van der Waals surface area contributed by atoms with E-state index in [2.05, 4.69) is 0 Å². The molecule has 0 aromatic rings. The van der Waals surface area contributed by atoms with Gasteiger partial charge >= 0.3 is 17.9 Å². The standard InChI is InChI=1S/C15H22O7/c1-8-13(21-10(3)17)15(5-6-15)14(22-11(4)18)12(20-8)7-19-9(2)16/h8,12-14H,5-7H2,1-4H3/t8?,12?,13-,14+/m0/s1. The molecule has 22 heavy (non-hydrogen) atoms. The lowest BCUT2D eigenvalue weighted by atomic mass is 9.83. The molecule has 1 aliphatic carbocycles. The summed E-state index contributed by atoms with van der Waals surface area (Å²) in [6.07, 6.45) is -0.441. The second kappa shape index (κ2) is 6.24. The third-order valence-corrected chi connectivity index (χ3v) is 4.15. The van der Waals surface area contributed by atoms with E-state index in [1.807, 2.05) is 0 Å². The monoisotopic (exact) mass is 314 g/mol. The second-order valence-electron chi connectivity index (χ2n) is 5.98. The number of esters is 3. The van der Waals surface area contributed by atoms with E-state index in [-0.39, 0.29) is 12.7 Å². The average Bonchev–Trinajstić information content (AvgIpc) is 3.17. The Labute approximate surface area is 129 Å². The fourth-order valence-corrected chi connectivity index (χ4v) is 3.22. The summed E-state index contributed by atoms with van der Waals surface area (Å²) in [5.74, 6) is -1.26. The summed E-state index contributed by atoms with van der Waals surface area (Å²) in [6.45, 7) is 5.78. The lowest BCUT2D eigenvalue weighted by Crippen LogP contribution is -2.58. The average molecular weight is 314 g/mol. The van der Waals surface area contributed by atoms with E-state index in [0.29, 0.717) is 0 Å². The zero-order valence-corrected chi connectivity index (χ0v) is 13.3. The first kappa shape index (κ1) is 16.7. The second-order valence-corrected chi connectivity index (χ2v) is 5.98. The van der Waals surface area contributed by atoms with Crippen LogP contribution in [-0.2, 0) is 33.3 Å². The zero-order chi connectivity index (χ0) is 16.5. The number of hydrogen-bond acceptors (Lipinski definition) is 7. The highest BCUT2D eigenvalue weighted by molar-refractivity contribution is 5.67. The molecule has 0 N–H and O–H groups in total. The van der Waals surface area contributed by atoms with Gasteiger partial charge < -0.3 is 18.9 Å². The third-order valence-electron chi connectivity index (χ3n) is 4.15. The van der Waals surface area contributed by atoms with E-state index in [9.17, 15) is 14.4 Å². The molecule has 0 aromatic carbocycles. The molecule has 1 saturated carbocycles. The highest BCUT2D eigenvalue weighted by atomic mass is 16.6. The summed E-state index contributed by atoms with van der Waals surface area (Å²) in [5.41, 5.74) is -0.445. The van der Waals surface area contributed by atoms with Crippen LogP contribution in [0.25, 0.3) is 0 Å². The molecule has 0 aromatic heterocycles. The zero-order valence-electron chi connectivity index (χ0n) is 13.3. The Kier molecular flexibility index (Phi) is 4.75. The van der Waals surface area contributed by atoms with Gasteiger partial charge in [-0.05, 0) is 19.8 Å². The summed E-state index contributed by atoms with van der Waals surface area (Å²) >= 11 is 0. The largest absolute Gasteiger partial charge is 0.463 e. The summed E-state index contributed by atoms with van der Waals surface area (Å²) < 4.78 is 21.7. The molecule has 2 unspecified atom stereocenters. The van der Waals surface area contributed by atoms with Gasteiger partial charge in [0.15, 0.2) is 0 Å². The fourth-order valence-electron chi connectivity index (χ4n) is 3.22. The van der Waals surface area contributed by atoms with Gasteiger partial charge in [0.25, 0.3) is 0 Å². The van der Waals surface area contributed by atoms with Crippen LogP contribution in [0, 0.1) is 5.41 Å². The Hall–Kier alpha value is -1.63. The fraction of sp³-hybridized carbons (Fsp3) is 0.800. The first-order chi connectivity index (χ1) is 10.3. The van der Waals surface area contributed by atoms with Crippen molar-refractivity contribution in [1.82, 2.24) is 0 Å². The Morgan fingerprint density at radius 1 is 1.00 bits per heavy atom. The minimum absolute atomic E-state index is 0.00611. The Balaban J connectivity index is 2.21. The van der Waals surface area contributed by atoms with Crippen LogP contribution in [0.2, 0.25) is 0 Å². The summed E-state index contributed by atoms with van der Waals surface area (Å²) in [4.78, 5) is 33.8. The predicted octanol–water partition coefficient (Wildman–Crippen LogP) is 0.980. The van der Waals surface area contributed by atoms with E-state index >= 15 is 0 Å². The molecule has 1 aliphatic heterocycles. The quantitative estimate of drug-likeness (QED) is 0.564. The molecule has 2 aliphatic rings. The van der Waals surface area contributed by atoms with E-state index in [4.69, 9.17) is 18.9 Å². The van der Waals surface area contributed by atoms with Crippen molar-refractivity contribution in [3.63, 3.8) is 0 Å². The smallest absolute Gasteiger partial charge is 0.303 e. The van der Waals surface area contributed by atoms with Crippen molar-refractivity contribution >= 4 is 17.9 Å². The summed E-state index contributed by atoms with van der Waals surface area (Å²) in [5, 5.41) is 0. The molecule has 0 bridgehead atoms. The Morgan fingerprint density at radius 3 is 2.00 bits per heavy atom. The van der Waals surface area contributed by atoms with E-state index in [0.717, 1.165) is 12.8 Å². The molecular formula is C15H22O7. The maximum Gasteiger partial charge on any atom is 0.303 e. The summed E-state index contributed by atoms with van der Waals surface area (Å²) in [6, 6.07) is 0. The van der Waals surface area contributed by atoms with Gasteiger partial charge in [-0.25, -0.2) is 0 Å². The minimum Gasteiger partial charge on any atom is -0.463 e. The molecule has 0 amide bonds. The van der Waals surface area contributed by atoms with Gasteiger partial charge in [0.2, 0.25) is 0 Å². The molecule has 4 atom stereocenters. The van der Waals surface area contributed by atoms with Crippen LogP contribution >= 0.6 is 0 Å². The minimum atomic E-state index is -0.593. The molecule has 124 valence electrons. The highest BCUT2D eigenvalue weighted by Gasteiger charge is 2.65. The number of hydrogen-bond donors (Lipinski definition) is 0. The van der Waals surface area contributed by atoms with Crippen LogP contribution in [0.1, 0.15) is 40.5 Å². The molecule has 2 rings (SSSR count). The van der Waals surface area contributed by atoms with Gasteiger partial charge in [0, 0.05) is 26.2 Å². The number of ether oxygens (including phenoxy) is 4. The molecular weight excluding hydrogens is 292 g/mol. The van der Waals surface area contributed by atoms with Crippen molar-refractivity contribution in [2.45, 2.75) is 65.0 Å². The SMILES string of the molecule is CC(=O)OCC1OC(C)[C@H](OC(C)=O)C2(CC2)[C@@H]1OC(C)=O. The third kappa shape index (κ3) is 3.40. The van der Waals surface area contributed by atoms with Crippen LogP contribution in [0.4, 0.5) is 0 Å². The van der Waals surface area contributed by atoms with Crippen LogP contribution < -0.4 is 0 Å². The number of rotatable bonds is 4. The lowest BCUT2D eigenvalue weighted by molar-refractivity contribution is -0.235. The van der Waals surface area contributed by atoms with Crippen molar-refractivity contribution < 1.29 is 33.3 Å². The Bertz CT molecular complexity index is 469. The number of carbonyl (C=O) groups is 3. The van der Waals surface area contributed by atoms with Gasteiger partial charge in [0.05, 0.1) is 6.10 Å². The van der Waals surface area contributed by atoms with Crippen molar-refractivity contribution in [2.24, 2.45) is 5.41 Å². The van der Waals surface area contributed by atoms with Crippen LogP contribution in [0.3, 0.4) is 0 Å². The Morgan fingerprint density at radius 2 is 1.55 bits per heavy atom. The van der Waals surface area contributed by atoms with Crippen molar-refractivity contribution in [3.05, 3.63) is 0 Å². The first-order valence-corrected chi connectivity index (χ1v) is 7.39. The van der Waals surface area contributed by atoms with Gasteiger partial charge in [-0.15, -0.1) is 0 Å². The van der Waals surface area contributed by atoms with Gasteiger partial charge in [-0.3, -0.25) is 14.4 Å². The van der Waals surface area contributed by atoms with Gasteiger partial charge in [-0.2, -0.15) is 0 Å². The van der Waals surface area contributed by atoms with Crippen LogP contribution in [-0.4, -0.2) is 48.9 Å². The van der Waals surface area contributed by atoms with Crippen molar-refractivity contribution in [3.8, 4) is 0 Å². The van der Waals surface area contributed by atoms with Gasteiger partial charge in [-0.1, -0.05) is 0 Å². The molecule has 7 heteroatoms. The van der Waals surface area contributed by atoms with Crippen LogP contribution in [0.15, 0.2) is 0 Å².